The zero-order valence-corrected chi connectivity index (χ0v) is 14.2. The summed E-state index contributed by atoms with van der Waals surface area (Å²) in [5.41, 5.74) is 0. The Morgan fingerprint density at radius 2 is 1.47 bits per heavy atom. The maximum absolute atomic E-state index is 5.29. The molecule has 4 nitrogen and oxygen atoms in total. The van der Waals surface area contributed by atoms with Gasteiger partial charge in [-0.1, -0.05) is 23.5 Å². The summed E-state index contributed by atoms with van der Waals surface area (Å²) < 4.78 is 2.11. The van der Waals surface area contributed by atoms with E-state index in [0.717, 1.165) is 26.7 Å². The molecule has 3 heterocycles. The Labute approximate surface area is 132 Å². The van der Waals surface area contributed by atoms with Crippen LogP contribution in [0.1, 0.15) is 9.75 Å². The highest BCUT2D eigenvalue weighted by Gasteiger charge is 2.21. The normalized spacial score (nSPS) is 13.9. The number of aromatic nitrogens is 2. The van der Waals surface area contributed by atoms with Gasteiger partial charge in [-0.3, -0.25) is 0 Å². The highest BCUT2D eigenvalue weighted by atomic mass is 32.2. The van der Waals surface area contributed by atoms with Gasteiger partial charge in [0.2, 0.25) is 0 Å². The van der Waals surface area contributed by atoms with Gasteiger partial charge in [0.15, 0.2) is 13.8 Å². The Morgan fingerprint density at radius 1 is 1.00 bits per heavy atom. The first kappa shape index (κ1) is 13.6. The molecule has 2 aromatic rings. The number of thiazole rings is 2. The minimum atomic E-state index is 0.554. The molecule has 1 aliphatic heterocycles. The zero-order valence-electron chi connectivity index (χ0n) is 10.1. The largest absolute Gasteiger partial charge is 0.316 e. The third-order valence-corrected chi connectivity index (χ3v) is 6.77. The topological polar surface area (TPSA) is 49.8 Å². The predicted molar refractivity (Wildman–Crippen MR) is 90.4 cm³/mol. The first-order valence-corrected chi connectivity index (χ1v) is 9.84. The van der Waals surface area contributed by atoms with E-state index in [1.54, 1.807) is 46.2 Å². The molecule has 0 bridgehead atoms. The van der Waals surface area contributed by atoms with Crippen molar-refractivity contribution in [3.05, 3.63) is 9.75 Å². The fraction of sp³-hybridized carbons (Fsp3) is 0.300. The van der Waals surface area contributed by atoms with Gasteiger partial charge >= 0.3 is 0 Å². The molecule has 3 rings (SSSR count). The van der Waals surface area contributed by atoms with Crippen LogP contribution in [-0.2, 0) is 6.42 Å². The van der Waals surface area contributed by atoms with Gasteiger partial charge in [-0.15, -0.1) is 22.7 Å². The van der Waals surface area contributed by atoms with Crippen LogP contribution in [0.5, 0.6) is 0 Å². The van der Waals surface area contributed by atoms with Crippen molar-refractivity contribution >= 4 is 75.2 Å². The molecule has 0 spiro atoms. The number of thioether (sulfide) groups is 2. The van der Waals surface area contributed by atoms with Gasteiger partial charge in [0.05, 0.1) is 9.75 Å². The molecule has 0 saturated carbocycles. The lowest BCUT2D eigenvalue weighted by molar-refractivity contribution is 1.18. The lowest BCUT2D eigenvalue weighted by Crippen LogP contribution is -2.22. The van der Waals surface area contributed by atoms with Gasteiger partial charge in [-0.05, 0) is 24.7 Å². The third-order valence-electron chi connectivity index (χ3n) is 2.49. The van der Waals surface area contributed by atoms with E-state index >= 15 is 0 Å². The molecule has 0 aromatic carbocycles. The number of fused-ring (bicyclic) bond motifs is 2. The van der Waals surface area contributed by atoms with Gasteiger partial charge in [0.1, 0.15) is 11.6 Å². The van der Waals surface area contributed by atoms with Crippen molar-refractivity contribution in [1.82, 2.24) is 9.97 Å². The van der Waals surface area contributed by atoms with Crippen LogP contribution < -0.4 is 10.6 Å². The highest BCUT2D eigenvalue weighted by Crippen LogP contribution is 2.37. The first-order chi connectivity index (χ1) is 9.19. The summed E-state index contributed by atoms with van der Waals surface area (Å²) in [6.07, 6.45) is 4.92. The van der Waals surface area contributed by atoms with Crippen LogP contribution in [0.25, 0.3) is 0 Å². The number of hydrogen-bond donors (Lipinski definition) is 2. The summed E-state index contributed by atoms with van der Waals surface area (Å²) in [4.78, 5) is 11.5. The maximum atomic E-state index is 5.29. The molecule has 0 amide bonds. The summed E-state index contributed by atoms with van der Waals surface area (Å²) in [7, 11) is 0. The number of nitrogens with one attached hydrogen (secondary N) is 2. The molecule has 0 aliphatic carbocycles. The Morgan fingerprint density at radius 3 is 1.89 bits per heavy atom. The van der Waals surface area contributed by atoms with E-state index in [1.165, 1.54) is 9.75 Å². The van der Waals surface area contributed by atoms with Crippen molar-refractivity contribution in [2.75, 3.05) is 23.1 Å². The molecule has 19 heavy (non-hydrogen) atoms. The Bertz CT molecular complexity index is 580. The number of hydrogen-bond acceptors (Lipinski definition) is 7. The summed E-state index contributed by atoms with van der Waals surface area (Å²) >= 11 is 12.0. The lowest BCUT2D eigenvalue weighted by Gasteiger charge is -2.12. The molecule has 9 heteroatoms. The second kappa shape index (κ2) is 5.57. The zero-order chi connectivity index (χ0) is 13.4. The van der Waals surface area contributed by atoms with Crippen LogP contribution >= 0.6 is 58.4 Å². The summed E-state index contributed by atoms with van der Waals surface area (Å²) in [5.74, 6) is 1.74. The second-order valence-electron chi connectivity index (χ2n) is 3.67. The van der Waals surface area contributed by atoms with E-state index in [9.17, 15) is 0 Å². The quantitative estimate of drug-likeness (QED) is 0.634. The molecular formula is C10H10N4S5. The standard InChI is InChI=1S/C10H10N4S5/c1-16-9-13-6-4(18-9)3-5-7(12-8(15)11-6)14-10(17-2)19-5/h3H2,1-2H3,(H2,11,12,15). The van der Waals surface area contributed by atoms with Gasteiger partial charge in [0.25, 0.3) is 0 Å². The van der Waals surface area contributed by atoms with E-state index in [4.69, 9.17) is 12.2 Å². The average Bonchev–Trinajstić information content (AvgIpc) is 2.93. The number of nitrogens with zero attached hydrogens (tertiary/aromatic N) is 2. The van der Waals surface area contributed by atoms with Crippen LogP contribution in [0, 0.1) is 0 Å². The van der Waals surface area contributed by atoms with E-state index in [0.29, 0.717) is 5.11 Å². The van der Waals surface area contributed by atoms with Gasteiger partial charge in [-0.2, -0.15) is 0 Å². The third kappa shape index (κ3) is 2.75. The van der Waals surface area contributed by atoms with Crippen molar-refractivity contribution in [1.29, 1.82) is 0 Å². The van der Waals surface area contributed by atoms with Gasteiger partial charge in [0, 0.05) is 6.42 Å². The van der Waals surface area contributed by atoms with E-state index in [1.807, 2.05) is 12.5 Å². The number of anilines is 2. The van der Waals surface area contributed by atoms with Crippen LogP contribution in [0.3, 0.4) is 0 Å². The SMILES string of the molecule is CSc1nc2c(s1)Cc1sc(SC)nc1NC(=S)N2. The molecule has 2 N–H and O–H groups in total. The Balaban J connectivity index is 2.04. The summed E-state index contributed by atoms with van der Waals surface area (Å²) in [6.45, 7) is 0. The lowest BCUT2D eigenvalue weighted by atomic mass is 10.3. The minimum absolute atomic E-state index is 0.554. The van der Waals surface area contributed by atoms with Crippen molar-refractivity contribution in [3.8, 4) is 0 Å². The van der Waals surface area contributed by atoms with E-state index < -0.39 is 0 Å². The molecule has 1 aliphatic rings. The van der Waals surface area contributed by atoms with Crippen molar-refractivity contribution in [2.24, 2.45) is 0 Å². The molecule has 0 unspecified atom stereocenters. The second-order valence-corrected chi connectivity index (χ2v) is 8.35. The van der Waals surface area contributed by atoms with Crippen LogP contribution in [-0.4, -0.2) is 27.6 Å². The maximum Gasteiger partial charge on any atom is 0.177 e. The number of rotatable bonds is 2. The van der Waals surface area contributed by atoms with Crippen LogP contribution in [0.2, 0.25) is 0 Å². The van der Waals surface area contributed by atoms with Crippen molar-refractivity contribution < 1.29 is 0 Å². The molecule has 2 aromatic heterocycles. The number of thiocarbonyl (C=S) groups is 1. The fourth-order valence-electron chi connectivity index (χ4n) is 1.66. The van der Waals surface area contributed by atoms with E-state index in [-0.39, 0.29) is 0 Å². The van der Waals surface area contributed by atoms with Crippen molar-refractivity contribution in [3.63, 3.8) is 0 Å². The molecular weight excluding hydrogens is 336 g/mol. The van der Waals surface area contributed by atoms with Crippen LogP contribution in [0.4, 0.5) is 11.6 Å². The first-order valence-electron chi connectivity index (χ1n) is 5.35. The summed E-state index contributed by atoms with van der Waals surface area (Å²) in [6, 6.07) is 0. The van der Waals surface area contributed by atoms with Crippen LogP contribution in [0.15, 0.2) is 8.68 Å². The van der Waals surface area contributed by atoms with Gasteiger partial charge < -0.3 is 10.6 Å². The summed E-state index contributed by atoms with van der Waals surface area (Å²) in [5, 5.41) is 6.85. The van der Waals surface area contributed by atoms with Crippen molar-refractivity contribution in [2.45, 2.75) is 15.1 Å². The average molecular weight is 347 g/mol. The highest BCUT2D eigenvalue weighted by molar-refractivity contribution is 8.00. The molecule has 0 atom stereocenters. The molecule has 0 radical (unpaired) electrons. The Hall–Kier alpha value is -0.350. The molecule has 0 saturated heterocycles. The smallest absolute Gasteiger partial charge is 0.177 e. The Kier molecular flexibility index (Phi) is 3.99. The molecule has 0 fully saturated rings. The predicted octanol–water partition coefficient (Wildman–Crippen LogP) is 3.76. The van der Waals surface area contributed by atoms with Gasteiger partial charge in [-0.25, -0.2) is 9.97 Å². The van der Waals surface area contributed by atoms with E-state index in [2.05, 4.69) is 20.6 Å². The fourth-order valence-corrected chi connectivity index (χ4v) is 5.10. The minimum Gasteiger partial charge on any atom is -0.316 e. The molecule has 100 valence electrons. The monoisotopic (exact) mass is 346 g/mol.